The molecule has 0 aliphatic heterocycles. The van der Waals surface area contributed by atoms with Crippen LogP contribution in [0.3, 0.4) is 0 Å². The van der Waals surface area contributed by atoms with Crippen molar-refractivity contribution in [2.24, 2.45) is 7.05 Å². The summed E-state index contributed by atoms with van der Waals surface area (Å²) in [6.45, 7) is 0.580. The average molecular weight is 286 g/mol. The first-order valence-electron chi connectivity index (χ1n) is 6.42. The normalized spacial score (nSPS) is 10.9. The first-order chi connectivity index (χ1) is 10.2. The zero-order chi connectivity index (χ0) is 14.8. The van der Waals surface area contributed by atoms with Crippen molar-refractivity contribution in [3.63, 3.8) is 0 Å². The second-order valence-electron chi connectivity index (χ2n) is 4.61. The molecule has 0 aliphatic rings. The largest absolute Gasteiger partial charge is 0.478 e. The minimum absolute atomic E-state index is 0.139. The molecule has 0 fully saturated rings. The van der Waals surface area contributed by atoms with Gasteiger partial charge >= 0.3 is 5.97 Å². The third-order valence-electron chi connectivity index (χ3n) is 3.24. The Balaban J connectivity index is 1.90. The Kier molecular flexibility index (Phi) is 3.27. The summed E-state index contributed by atoms with van der Waals surface area (Å²) in [4.78, 5) is 22.4. The molecule has 0 amide bonds. The summed E-state index contributed by atoms with van der Waals surface area (Å²) < 4.78 is 1.61. The lowest BCUT2D eigenvalue weighted by atomic mass is 10.1. The number of hydrogen-bond donors (Lipinski definition) is 3. The monoisotopic (exact) mass is 286 g/mol. The molecular weight excluding hydrogens is 272 g/mol. The van der Waals surface area contributed by atoms with Crippen LogP contribution in [0, 0.1) is 0 Å². The van der Waals surface area contributed by atoms with Crippen LogP contribution >= 0.6 is 0 Å². The summed E-state index contributed by atoms with van der Waals surface area (Å²) in [5.74, 6) is -1.02. The van der Waals surface area contributed by atoms with Gasteiger partial charge < -0.3 is 15.4 Å². The molecule has 3 aromatic rings. The molecule has 0 aliphatic carbocycles. The van der Waals surface area contributed by atoms with Gasteiger partial charge in [0.1, 0.15) is 5.56 Å². The average Bonchev–Trinajstić information content (AvgIpc) is 3.09. The highest BCUT2D eigenvalue weighted by Crippen LogP contribution is 2.25. The smallest absolute Gasteiger partial charge is 0.339 e. The highest BCUT2D eigenvalue weighted by atomic mass is 16.4. The quantitative estimate of drug-likeness (QED) is 0.646. The number of hydrogen-bond acceptors (Lipinski definition) is 5. The number of fused-ring (bicyclic) bond motifs is 1. The first kappa shape index (κ1) is 13.1. The molecule has 0 aromatic carbocycles. The SMILES string of the molecule is Cn1ncc2c(NCCc3cnc[nH]3)c(C(=O)O)cnc21. The maximum atomic E-state index is 11.3. The third-order valence-corrected chi connectivity index (χ3v) is 3.24. The van der Waals surface area contributed by atoms with Gasteiger partial charge in [0, 0.05) is 38.1 Å². The van der Waals surface area contributed by atoms with Crippen LogP contribution in [0.25, 0.3) is 11.0 Å². The van der Waals surface area contributed by atoms with Crippen molar-refractivity contribution in [3.8, 4) is 0 Å². The Hall–Kier alpha value is -2.90. The van der Waals surface area contributed by atoms with E-state index in [2.05, 4.69) is 25.4 Å². The second-order valence-corrected chi connectivity index (χ2v) is 4.61. The van der Waals surface area contributed by atoms with Gasteiger partial charge in [-0.3, -0.25) is 4.68 Å². The number of carbonyl (C=O) groups is 1. The lowest BCUT2D eigenvalue weighted by Gasteiger charge is -2.10. The fraction of sp³-hybridized carbons (Fsp3) is 0.231. The number of aromatic nitrogens is 5. The van der Waals surface area contributed by atoms with Gasteiger partial charge in [-0.1, -0.05) is 0 Å². The van der Waals surface area contributed by atoms with E-state index < -0.39 is 5.97 Å². The van der Waals surface area contributed by atoms with Gasteiger partial charge in [0.05, 0.1) is 23.6 Å². The molecule has 3 N–H and O–H groups in total. The van der Waals surface area contributed by atoms with E-state index in [1.165, 1.54) is 6.20 Å². The number of pyridine rings is 1. The van der Waals surface area contributed by atoms with Gasteiger partial charge in [-0.15, -0.1) is 0 Å². The minimum Gasteiger partial charge on any atom is -0.478 e. The molecule has 0 atom stereocenters. The summed E-state index contributed by atoms with van der Waals surface area (Å²) in [5, 5.41) is 17.3. The predicted octanol–water partition coefficient (Wildman–Crippen LogP) is 1.04. The van der Waals surface area contributed by atoms with Crippen LogP contribution < -0.4 is 5.32 Å². The van der Waals surface area contributed by atoms with Crippen LogP contribution in [0.4, 0.5) is 5.69 Å². The molecular formula is C13H14N6O2. The molecule has 0 bridgehead atoms. The van der Waals surface area contributed by atoms with Gasteiger partial charge in [-0.25, -0.2) is 14.8 Å². The molecule has 3 heterocycles. The molecule has 0 saturated carbocycles. The summed E-state index contributed by atoms with van der Waals surface area (Å²) in [5.41, 5.74) is 2.31. The predicted molar refractivity (Wildman–Crippen MR) is 76.2 cm³/mol. The van der Waals surface area contributed by atoms with Gasteiger partial charge in [0.25, 0.3) is 0 Å². The number of anilines is 1. The van der Waals surface area contributed by atoms with Crippen LogP contribution in [0.2, 0.25) is 0 Å². The number of carboxylic acid groups (broad SMARTS) is 1. The zero-order valence-electron chi connectivity index (χ0n) is 11.4. The number of rotatable bonds is 5. The molecule has 0 spiro atoms. The molecule has 0 unspecified atom stereocenters. The molecule has 3 rings (SSSR count). The van der Waals surface area contributed by atoms with E-state index in [1.807, 2.05) is 0 Å². The van der Waals surface area contributed by atoms with Crippen molar-refractivity contribution in [2.45, 2.75) is 6.42 Å². The van der Waals surface area contributed by atoms with Gasteiger partial charge in [-0.05, 0) is 0 Å². The Morgan fingerprint density at radius 2 is 2.29 bits per heavy atom. The number of aromatic carboxylic acids is 1. The molecule has 8 heteroatoms. The number of nitrogens with one attached hydrogen (secondary N) is 2. The molecule has 108 valence electrons. The van der Waals surface area contributed by atoms with Crippen LogP contribution in [-0.2, 0) is 13.5 Å². The van der Waals surface area contributed by atoms with Crippen molar-refractivity contribution in [2.75, 3.05) is 11.9 Å². The van der Waals surface area contributed by atoms with Crippen LogP contribution in [-0.4, -0.2) is 42.4 Å². The van der Waals surface area contributed by atoms with Gasteiger partial charge in [-0.2, -0.15) is 5.10 Å². The topological polar surface area (TPSA) is 109 Å². The minimum atomic E-state index is -1.02. The molecule has 21 heavy (non-hydrogen) atoms. The van der Waals surface area contributed by atoms with E-state index >= 15 is 0 Å². The van der Waals surface area contributed by atoms with E-state index in [-0.39, 0.29) is 5.56 Å². The third kappa shape index (κ3) is 2.42. The highest BCUT2D eigenvalue weighted by Gasteiger charge is 2.16. The van der Waals surface area contributed by atoms with E-state index in [0.29, 0.717) is 29.7 Å². The van der Waals surface area contributed by atoms with Crippen molar-refractivity contribution < 1.29 is 9.90 Å². The van der Waals surface area contributed by atoms with Crippen molar-refractivity contribution in [1.82, 2.24) is 24.7 Å². The molecule has 0 radical (unpaired) electrons. The summed E-state index contributed by atoms with van der Waals surface area (Å²) in [6.07, 6.45) is 7.04. The fourth-order valence-electron chi connectivity index (χ4n) is 2.19. The number of imidazole rings is 1. The Morgan fingerprint density at radius 3 is 3.00 bits per heavy atom. The Bertz CT molecular complexity index is 777. The standard InChI is InChI=1S/C13H14N6O2/c1-19-12-9(6-18-19)11(10(5-16-12)13(20)21)15-3-2-8-4-14-7-17-8/h4-7H,2-3H2,1H3,(H,14,17)(H,15,16)(H,20,21). The van der Waals surface area contributed by atoms with Gasteiger partial charge in [0.2, 0.25) is 0 Å². The van der Waals surface area contributed by atoms with Gasteiger partial charge in [0.15, 0.2) is 5.65 Å². The Labute approximate surface area is 119 Å². The molecule has 3 aromatic heterocycles. The lowest BCUT2D eigenvalue weighted by molar-refractivity contribution is 0.0697. The maximum Gasteiger partial charge on any atom is 0.339 e. The number of carboxylic acids is 1. The maximum absolute atomic E-state index is 11.3. The number of aryl methyl sites for hydroxylation is 1. The van der Waals surface area contributed by atoms with E-state index in [4.69, 9.17) is 0 Å². The van der Waals surface area contributed by atoms with Crippen LogP contribution in [0.5, 0.6) is 0 Å². The molecule has 0 saturated heterocycles. The van der Waals surface area contributed by atoms with Crippen LogP contribution in [0.1, 0.15) is 16.1 Å². The first-order valence-corrected chi connectivity index (χ1v) is 6.42. The number of aromatic amines is 1. The van der Waals surface area contributed by atoms with E-state index in [0.717, 1.165) is 5.69 Å². The van der Waals surface area contributed by atoms with E-state index in [1.54, 1.807) is 30.5 Å². The zero-order valence-corrected chi connectivity index (χ0v) is 11.4. The fourth-order valence-corrected chi connectivity index (χ4v) is 2.19. The van der Waals surface area contributed by atoms with Crippen LogP contribution in [0.15, 0.2) is 24.9 Å². The van der Waals surface area contributed by atoms with Crippen molar-refractivity contribution in [1.29, 1.82) is 0 Å². The van der Waals surface area contributed by atoms with Crippen molar-refractivity contribution in [3.05, 3.63) is 36.2 Å². The summed E-state index contributed by atoms with van der Waals surface area (Å²) in [7, 11) is 1.77. The Morgan fingerprint density at radius 1 is 1.43 bits per heavy atom. The summed E-state index contributed by atoms with van der Waals surface area (Å²) in [6, 6.07) is 0. The number of nitrogens with zero attached hydrogens (tertiary/aromatic N) is 4. The highest BCUT2D eigenvalue weighted by molar-refractivity contribution is 6.03. The molecule has 8 nitrogen and oxygen atoms in total. The van der Waals surface area contributed by atoms with E-state index in [9.17, 15) is 9.90 Å². The summed E-state index contributed by atoms with van der Waals surface area (Å²) >= 11 is 0. The second kappa shape index (κ2) is 5.23. The lowest BCUT2D eigenvalue weighted by Crippen LogP contribution is -2.11. The number of H-pyrrole nitrogens is 1. The van der Waals surface area contributed by atoms with Crippen molar-refractivity contribution >= 4 is 22.7 Å².